The van der Waals surface area contributed by atoms with Crippen LogP contribution in [0.3, 0.4) is 0 Å². The second kappa shape index (κ2) is 6.38. The van der Waals surface area contributed by atoms with E-state index in [2.05, 4.69) is 10.4 Å². The van der Waals surface area contributed by atoms with Gasteiger partial charge in [-0.25, -0.2) is 4.68 Å². The largest absolute Gasteiger partial charge is 0.463 e. The third kappa shape index (κ3) is 3.48. The first-order chi connectivity index (χ1) is 9.60. The van der Waals surface area contributed by atoms with Gasteiger partial charge >= 0.3 is 0 Å². The Morgan fingerprint density at radius 3 is 2.75 bits per heavy atom. The van der Waals surface area contributed by atoms with Crippen molar-refractivity contribution in [3.8, 4) is 0 Å². The van der Waals surface area contributed by atoms with E-state index in [1.165, 1.54) is 4.68 Å². The Morgan fingerprint density at radius 1 is 1.35 bits per heavy atom. The fourth-order valence-corrected chi connectivity index (χ4v) is 1.79. The van der Waals surface area contributed by atoms with Crippen molar-refractivity contribution < 1.29 is 4.42 Å². The zero-order chi connectivity index (χ0) is 14.5. The maximum atomic E-state index is 11.9. The molecule has 20 heavy (non-hydrogen) atoms. The van der Waals surface area contributed by atoms with Crippen molar-refractivity contribution in [1.29, 1.82) is 0 Å². The first-order valence-electron chi connectivity index (χ1n) is 6.63. The molecule has 0 bridgehead atoms. The molecular weight excluding hydrogens is 256 g/mol. The smallest absolute Gasteiger partial charge is 0.269 e. The Morgan fingerprint density at radius 2 is 2.10 bits per heavy atom. The first kappa shape index (κ1) is 14.3. The van der Waals surface area contributed by atoms with E-state index in [1.54, 1.807) is 12.3 Å². The molecule has 0 radical (unpaired) electrons. The van der Waals surface area contributed by atoms with Crippen molar-refractivity contribution in [2.24, 2.45) is 0 Å². The molecule has 0 aliphatic rings. The highest BCUT2D eigenvalue weighted by atomic mass is 16.3. The minimum absolute atomic E-state index is 0.138. The van der Waals surface area contributed by atoms with Gasteiger partial charge in [-0.15, -0.1) is 0 Å². The molecule has 0 amide bonds. The molecule has 0 saturated carbocycles. The van der Waals surface area contributed by atoms with Crippen molar-refractivity contribution in [3.63, 3.8) is 0 Å². The van der Waals surface area contributed by atoms with Gasteiger partial charge in [-0.1, -0.05) is 6.92 Å². The minimum Gasteiger partial charge on any atom is -0.463 e. The molecule has 0 aromatic carbocycles. The first-order valence-corrected chi connectivity index (χ1v) is 6.63. The van der Waals surface area contributed by atoms with Crippen LogP contribution in [0.5, 0.6) is 0 Å². The van der Waals surface area contributed by atoms with E-state index in [9.17, 15) is 4.79 Å². The molecule has 0 fully saturated rings. The Hall–Kier alpha value is -2.08. The lowest BCUT2D eigenvalue weighted by atomic mass is 10.4. The van der Waals surface area contributed by atoms with Crippen molar-refractivity contribution in [2.75, 3.05) is 25.5 Å². The van der Waals surface area contributed by atoms with Gasteiger partial charge in [0.15, 0.2) is 0 Å². The summed E-state index contributed by atoms with van der Waals surface area (Å²) in [5.41, 5.74) is 0.652. The number of hydrogen-bond acceptors (Lipinski definition) is 5. The predicted molar refractivity (Wildman–Crippen MR) is 78.0 cm³/mol. The quantitative estimate of drug-likeness (QED) is 0.854. The van der Waals surface area contributed by atoms with Gasteiger partial charge in [-0.05, 0) is 18.7 Å². The van der Waals surface area contributed by atoms with Crippen molar-refractivity contribution in [1.82, 2.24) is 15.1 Å². The van der Waals surface area contributed by atoms with Crippen LogP contribution < -0.4 is 15.8 Å². The summed E-state index contributed by atoms with van der Waals surface area (Å²) in [4.78, 5) is 13.8. The topological polar surface area (TPSA) is 63.3 Å². The maximum absolute atomic E-state index is 11.9. The molecule has 2 rings (SSSR count). The summed E-state index contributed by atoms with van der Waals surface area (Å²) in [6.07, 6.45) is 1.67. The summed E-state index contributed by atoms with van der Waals surface area (Å²) in [5.74, 6) is 1.59. The van der Waals surface area contributed by atoms with E-state index in [0.717, 1.165) is 23.8 Å². The zero-order valence-electron chi connectivity index (χ0n) is 12.1. The van der Waals surface area contributed by atoms with Crippen LogP contribution in [0, 0.1) is 0 Å². The van der Waals surface area contributed by atoms with Gasteiger partial charge in [-0.2, -0.15) is 5.10 Å². The summed E-state index contributed by atoms with van der Waals surface area (Å²) in [7, 11) is 3.75. The van der Waals surface area contributed by atoms with Crippen molar-refractivity contribution in [2.45, 2.75) is 20.0 Å². The number of nitrogens with one attached hydrogen (secondary N) is 1. The molecule has 6 heteroatoms. The normalized spacial score (nSPS) is 10.8. The standard InChI is InChI=1S/C14H20N4O2/c1-4-15-9-12-5-6-13(20-12)10-18-14(19)7-11(8-16-18)17(2)3/h5-8,15H,4,9-10H2,1-3H3. The number of rotatable bonds is 6. The number of nitrogens with zero attached hydrogens (tertiary/aromatic N) is 3. The third-order valence-corrected chi connectivity index (χ3v) is 2.94. The predicted octanol–water partition coefficient (Wildman–Crippen LogP) is 1.06. The lowest BCUT2D eigenvalue weighted by Gasteiger charge is -2.11. The van der Waals surface area contributed by atoms with E-state index >= 15 is 0 Å². The Bertz CT molecular complexity index is 616. The van der Waals surface area contributed by atoms with Gasteiger partial charge in [0, 0.05) is 20.2 Å². The van der Waals surface area contributed by atoms with E-state index in [1.807, 2.05) is 38.1 Å². The lowest BCUT2D eigenvalue weighted by molar-refractivity contribution is 0.428. The fraction of sp³-hybridized carbons (Fsp3) is 0.429. The monoisotopic (exact) mass is 276 g/mol. The van der Waals surface area contributed by atoms with E-state index < -0.39 is 0 Å². The second-order valence-electron chi connectivity index (χ2n) is 4.75. The van der Waals surface area contributed by atoms with E-state index in [-0.39, 0.29) is 5.56 Å². The summed E-state index contributed by atoms with van der Waals surface area (Å²) < 4.78 is 7.04. The van der Waals surface area contributed by atoms with Crippen LogP contribution >= 0.6 is 0 Å². The van der Waals surface area contributed by atoms with Crippen LogP contribution in [0.2, 0.25) is 0 Å². The molecular formula is C14H20N4O2. The molecule has 0 saturated heterocycles. The molecule has 0 atom stereocenters. The molecule has 0 spiro atoms. The number of furan rings is 1. The van der Waals surface area contributed by atoms with Gasteiger partial charge in [0.1, 0.15) is 18.1 Å². The molecule has 0 aliphatic heterocycles. The molecule has 6 nitrogen and oxygen atoms in total. The van der Waals surface area contributed by atoms with E-state index in [0.29, 0.717) is 13.1 Å². The average Bonchev–Trinajstić information content (AvgIpc) is 2.86. The highest BCUT2D eigenvalue weighted by Crippen LogP contribution is 2.09. The molecule has 0 aliphatic carbocycles. The molecule has 108 valence electrons. The Balaban J connectivity index is 2.10. The minimum atomic E-state index is -0.138. The Kier molecular flexibility index (Phi) is 4.57. The van der Waals surface area contributed by atoms with Gasteiger partial charge in [-0.3, -0.25) is 4.79 Å². The molecule has 1 N–H and O–H groups in total. The summed E-state index contributed by atoms with van der Waals surface area (Å²) in [5, 5.41) is 7.34. The summed E-state index contributed by atoms with van der Waals surface area (Å²) >= 11 is 0. The Labute approximate surface area is 118 Å². The molecule has 2 aromatic rings. The lowest BCUT2D eigenvalue weighted by Crippen LogP contribution is -2.24. The SMILES string of the molecule is CCNCc1ccc(Cn2ncc(N(C)C)cc2=O)o1. The van der Waals surface area contributed by atoms with Crippen LogP contribution in [0.15, 0.2) is 33.6 Å². The number of hydrogen-bond donors (Lipinski definition) is 1. The second-order valence-corrected chi connectivity index (χ2v) is 4.75. The van der Waals surface area contributed by atoms with Crippen LogP contribution in [-0.2, 0) is 13.1 Å². The van der Waals surface area contributed by atoms with Crippen molar-refractivity contribution >= 4 is 5.69 Å². The van der Waals surface area contributed by atoms with Gasteiger partial charge in [0.05, 0.1) is 18.4 Å². The van der Waals surface area contributed by atoms with Crippen LogP contribution in [0.25, 0.3) is 0 Å². The van der Waals surface area contributed by atoms with Gasteiger partial charge in [0.2, 0.25) is 0 Å². The van der Waals surface area contributed by atoms with Crippen LogP contribution in [0.4, 0.5) is 5.69 Å². The fourth-order valence-electron chi connectivity index (χ4n) is 1.79. The highest BCUT2D eigenvalue weighted by Gasteiger charge is 2.06. The highest BCUT2D eigenvalue weighted by molar-refractivity contribution is 5.40. The van der Waals surface area contributed by atoms with Crippen molar-refractivity contribution in [3.05, 3.63) is 46.3 Å². The van der Waals surface area contributed by atoms with Gasteiger partial charge in [0.25, 0.3) is 5.56 Å². The third-order valence-electron chi connectivity index (χ3n) is 2.94. The molecule has 2 heterocycles. The summed E-state index contributed by atoms with van der Waals surface area (Å²) in [6, 6.07) is 5.35. The molecule has 0 unspecified atom stereocenters. The van der Waals surface area contributed by atoms with Crippen LogP contribution in [0.1, 0.15) is 18.4 Å². The molecule has 2 aromatic heterocycles. The average molecular weight is 276 g/mol. The summed E-state index contributed by atoms with van der Waals surface area (Å²) in [6.45, 7) is 3.97. The number of aromatic nitrogens is 2. The maximum Gasteiger partial charge on any atom is 0.269 e. The van der Waals surface area contributed by atoms with Gasteiger partial charge < -0.3 is 14.6 Å². The zero-order valence-corrected chi connectivity index (χ0v) is 12.1. The van der Waals surface area contributed by atoms with E-state index in [4.69, 9.17) is 4.42 Å². The number of anilines is 1. The van der Waals surface area contributed by atoms with Crippen LogP contribution in [-0.4, -0.2) is 30.4 Å².